The van der Waals surface area contributed by atoms with E-state index < -0.39 is 0 Å². The van der Waals surface area contributed by atoms with E-state index in [0.717, 1.165) is 0 Å². The summed E-state index contributed by atoms with van der Waals surface area (Å²) in [6, 6.07) is 0. The molecule has 0 saturated heterocycles. The van der Waals surface area contributed by atoms with E-state index in [1.54, 1.807) is 0 Å². The molecule has 0 N–H and O–H groups in total. The predicted molar refractivity (Wildman–Crippen MR) is 72.6 cm³/mol. The second kappa shape index (κ2) is 3.78. The third-order valence-electron chi connectivity index (χ3n) is 3.51. The summed E-state index contributed by atoms with van der Waals surface area (Å²) in [6.07, 6.45) is 20.6. The molecule has 0 saturated carbocycles. The smallest absolute Gasteiger partial charge is 0.0145 e. The van der Waals surface area contributed by atoms with Gasteiger partial charge in [0.05, 0.1) is 0 Å². The highest BCUT2D eigenvalue weighted by Crippen LogP contribution is 2.45. The van der Waals surface area contributed by atoms with Crippen molar-refractivity contribution in [2.24, 2.45) is 23.7 Å². The maximum absolute atomic E-state index is 2.50. The van der Waals surface area contributed by atoms with Crippen molar-refractivity contribution in [2.75, 3.05) is 0 Å². The van der Waals surface area contributed by atoms with Gasteiger partial charge in [-0.05, 0) is 38.0 Å². The largest absolute Gasteiger partial charge is 0.0799 e. The second-order valence-corrected chi connectivity index (χ2v) is 5.59. The molecule has 1 heteroatoms. The Kier molecular flexibility index (Phi) is 2.43. The van der Waals surface area contributed by atoms with Crippen LogP contribution in [0.2, 0.25) is 0 Å². The van der Waals surface area contributed by atoms with Gasteiger partial charge >= 0.3 is 0 Å². The molecule has 0 amide bonds. The fourth-order valence-electron chi connectivity index (χ4n) is 2.76. The molecule has 0 aromatic carbocycles. The number of hydrogen-bond acceptors (Lipinski definition) is 0. The van der Waals surface area contributed by atoms with Crippen molar-refractivity contribution in [3.8, 4) is 0 Å². The first kappa shape index (κ1) is 9.64. The summed E-state index contributed by atoms with van der Waals surface area (Å²) in [7, 11) is 0. The molecule has 0 aromatic rings. The van der Waals surface area contributed by atoms with Gasteiger partial charge in [0.25, 0.3) is 0 Å². The Morgan fingerprint density at radius 2 is 1.47 bits per heavy atom. The lowest BCUT2D eigenvalue weighted by molar-refractivity contribution is 0.346. The third kappa shape index (κ3) is 1.57. The molecule has 0 bridgehead atoms. The van der Waals surface area contributed by atoms with Crippen LogP contribution in [0.25, 0.3) is 0 Å². The summed E-state index contributed by atoms with van der Waals surface area (Å²) in [5.41, 5.74) is 0. The Morgan fingerprint density at radius 3 is 2.33 bits per heavy atom. The lowest BCUT2D eigenvalue weighted by Gasteiger charge is -2.38. The van der Waals surface area contributed by atoms with Crippen LogP contribution in [0.5, 0.6) is 0 Å². The number of hydrogen-bond donors (Lipinski definition) is 0. The zero-order valence-electron chi connectivity index (χ0n) is 8.38. The standard InChI is InChI=1S/C14H13I/c15-14-9-10-5-1-2-6-11(10)12-7-3-4-8-13(12)14/h1-13H/t10?,11-,12?,13?/m0/s1. The molecule has 0 nitrogen and oxygen atoms in total. The lowest BCUT2D eigenvalue weighted by atomic mass is 9.68. The zero-order valence-corrected chi connectivity index (χ0v) is 10.5. The van der Waals surface area contributed by atoms with Gasteiger partial charge in [-0.1, -0.05) is 54.7 Å². The fourth-order valence-corrected chi connectivity index (χ4v) is 3.79. The topological polar surface area (TPSA) is 0 Å². The van der Waals surface area contributed by atoms with Gasteiger partial charge in [0.2, 0.25) is 0 Å². The maximum atomic E-state index is 2.50. The van der Waals surface area contributed by atoms with Crippen LogP contribution in [0.15, 0.2) is 58.3 Å². The number of fused-ring (bicyclic) bond motifs is 3. The van der Waals surface area contributed by atoms with E-state index in [9.17, 15) is 0 Å². The first-order valence-corrected chi connectivity index (χ1v) is 6.51. The van der Waals surface area contributed by atoms with Crippen molar-refractivity contribution in [1.82, 2.24) is 0 Å². The molecule has 76 valence electrons. The van der Waals surface area contributed by atoms with Crippen LogP contribution >= 0.6 is 22.6 Å². The van der Waals surface area contributed by atoms with Crippen LogP contribution < -0.4 is 0 Å². The van der Waals surface area contributed by atoms with Gasteiger partial charge in [-0.25, -0.2) is 0 Å². The third-order valence-corrected chi connectivity index (χ3v) is 4.59. The second-order valence-electron chi connectivity index (χ2n) is 4.35. The highest BCUT2D eigenvalue weighted by Gasteiger charge is 2.35. The van der Waals surface area contributed by atoms with Crippen molar-refractivity contribution in [2.45, 2.75) is 0 Å². The molecule has 0 aromatic heterocycles. The molecule has 15 heavy (non-hydrogen) atoms. The summed E-state index contributed by atoms with van der Waals surface area (Å²) in [6.45, 7) is 0. The molecule has 3 rings (SSSR count). The summed E-state index contributed by atoms with van der Waals surface area (Å²) in [4.78, 5) is 0. The van der Waals surface area contributed by atoms with Crippen LogP contribution in [-0.2, 0) is 0 Å². The molecule has 3 unspecified atom stereocenters. The van der Waals surface area contributed by atoms with Crippen molar-refractivity contribution in [3.63, 3.8) is 0 Å². The Hall–Kier alpha value is -0.570. The van der Waals surface area contributed by atoms with Crippen LogP contribution in [0, 0.1) is 23.7 Å². The molecular weight excluding hydrogens is 295 g/mol. The Bertz CT molecular complexity index is 409. The summed E-state index contributed by atoms with van der Waals surface area (Å²) in [5.74, 6) is 2.56. The maximum Gasteiger partial charge on any atom is 0.0145 e. The van der Waals surface area contributed by atoms with Gasteiger partial charge in [-0.3, -0.25) is 0 Å². The van der Waals surface area contributed by atoms with Crippen molar-refractivity contribution < 1.29 is 0 Å². The minimum Gasteiger partial charge on any atom is -0.0799 e. The lowest BCUT2D eigenvalue weighted by Crippen LogP contribution is -2.30. The average molecular weight is 308 g/mol. The van der Waals surface area contributed by atoms with E-state index in [1.807, 2.05) is 0 Å². The van der Waals surface area contributed by atoms with Gasteiger partial charge in [-0.2, -0.15) is 0 Å². The fraction of sp³-hybridized carbons (Fsp3) is 0.286. The molecule has 0 radical (unpaired) electrons. The summed E-state index contributed by atoms with van der Waals surface area (Å²) < 4.78 is 1.50. The van der Waals surface area contributed by atoms with E-state index in [4.69, 9.17) is 0 Å². The Morgan fingerprint density at radius 1 is 0.800 bits per heavy atom. The Balaban J connectivity index is 2.04. The van der Waals surface area contributed by atoms with Crippen LogP contribution in [0.1, 0.15) is 0 Å². The molecule has 0 fully saturated rings. The van der Waals surface area contributed by atoms with E-state index in [-0.39, 0.29) is 0 Å². The molecule has 0 aliphatic heterocycles. The van der Waals surface area contributed by atoms with Crippen LogP contribution in [-0.4, -0.2) is 0 Å². The molecule has 0 spiro atoms. The highest BCUT2D eigenvalue weighted by molar-refractivity contribution is 14.1. The Labute approximate surface area is 104 Å². The van der Waals surface area contributed by atoms with Gasteiger partial charge in [0, 0.05) is 11.8 Å². The molecular formula is C14H13I. The van der Waals surface area contributed by atoms with Crippen molar-refractivity contribution in [1.29, 1.82) is 0 Å². The minimum atomic E-state index is 0.610. The van der Waals surface area contributed by atoms with E-state index in [2.05, 4.69) is 77.3 Å². The molecule has 3 aliphatic carbocycles. The molecule has 4 atom stereocenters. The monoisotopic (exact) mass is 308 g/mol. The van der Waals surface area contributed by atoms with Gasteiger partial charge in [0.15, 0.2) is 0 Å². The van der Waals surface area contributed by atoms with Gasteiger partial charge in [0.1, 0.15) is 0 Å². The normalized spacial score (nSPS) is 41.0. The van der Waals surface area contributed by atoms with Gasteiger partial charge in [-0.15, -0.1) is 0 Å². The van der Waals surface area contributed by atoms with Crippen molar-refractivity contribution in [3.05, 3.63) is 58.3 Å². The summed E-state index contributed by atoms with van der Waals surface area (Å²) >= 11 is 2.50. The number of allylic oxidation sites excluding steroid dienone is 10. The quantitative estimate of drug-likeness (QED) is 0.593. The first-order chi connectivity index (χ1) is 7.36. The van der Waals surface area contributed by atoms with Crippen molar-refractivity contribution >= 4 is 22.6 Å². The average Bonchev–Trinajstić information content (AvgIpc) is 2.30. The minimum absolute atomic E-state index is 0.610. The molecule has 0 heterocycles. The number of rotatable bonds is 0. The van der Waals surface area contributed by atoms with Crippen LogP contribution in [0.4, 0.5) is 0 Å². The zero-order chi connectivity index (χ0) is 10.3. The highest BCUT2D eigenvalue weighted by atomic mass is 127. The first-order valence-electron chi connectivity index (χ1n) is 5.43. The van der Waals surface area contributed by atoms with E-state index in [1.165, 1.54) is 3.58 Å². The van der Waals surface area contributed by atoms with E-state index >= 15 is 0 Å². The number of halogens is 1. The SMILES string of the molecule is IC1=CC2C=CC=C[C@@H]2C2C=CC=CC12. The van der Waals surface area contributed by atoms with Gasteiger partial charge < -0.3 is 0 Å². The van der Waals surface area contributed by atoms with Crippen LogP contribution in [0.3, 0.4) is 0 Å². The molecule has 3 aliphatic rings. The van der Waals surface area contributed by atoms with E-state index in [0.29, 0.717) is 23.7 Å². The predicted octanol–water partition coefficient (Wildman–Crippen LogP) is 4.04. The summed E-state index contributed by atoms with van der Waals surface area (Å²) in [5, 5.41) is 0.